The van der Waals surface area contributed by atoms with Crippen molar-refractivity contribution in [2.24, 2.45) is 0 Å². The molecule has 0 saturated heterocycles. The number of alkyl halides is 2. The third-order valence-corrected chi connectivity index (χ3v) is 3.96. The van der Waals surface area contributed by atoms with Gasteiger partial charge in [-0.15, -0.1) is 11.3 Å². The summed E-state index contributed by atoms with van der Waals surface area (Å²) in [6.45, 7) is 1.67. The zero-order valence-electron chi connectivity index (χ0n) is 9.70. The summed E-state index contributed by atoms with van der Waals surface area (Å²) in [5, 5.41) is 10.3. The van der Waals surface area contributed by atoms with Gasteiger partial charge in [0.05, 0.1) is 10.2 Å². The summed E-state index contributed by atoms with van der Waals surface area (Å²) in [7, 11) is 0. The Morgan fingerprint density at radius 2 is 2.16 bits per heavy atom. The van der Waals surface area contributed by atoms with Crippen LogP contribution in [-0.2, 0) is 0 Å². The van der Waals surface area contributed by atoms with Crippen molar-refractivity contribution in [1.29, 1.82) is 0 Å². The average Bonchev–Trinajstić information content (AvgIpc) is 2.68. The van der Waals surface area contributed by atoms with E-state index in [2.05, 4.69) is 9.97 Å². The van der Waals surface area contributed by atoms with Crippen LogP contribution in [0, 0.1) is 6.92 Å². The zero-order chi connectivity index (χ0) is 13.7. The van der Waals surface area contributed by atoms with Crippen LogP contribution in [0.2, 0.25) is 0 Å². The summed E-state index contributed by atoms with van der Waals surface area (Å²) in [6.07, 6.45) is -2.65. The second kappa shape index (κ2) is 3.99. The van der Waals surface area contributed by atoms with Gasteiger partial charge in [0.15, 0.2) is 0 Å². The number of thiophene rings is 1. The molecule has 3 aromatic rings. The van der Waals surface area contributed by atoms with Gasteiger partial charge >= 0.3 is 0 Å². The Labute approximate surface area is 109 Å². The normalized spacial score (nSPS) is 11.8. The van der Waals surface area contributed by atoms with Crippen molar-refractivity contribution >= 4 is 31.8 Å². The number of nitrogens with one attached hydrogen (secondary N) is 1. The van der Waals surface area contributed by atoms with Crippen LogP contribution in [0.1, 0.15) is 17.7 Å². The topological polar surface area (TPSA) is 66.0 Å². The molecule has 0 radical (unpaired) electrons. The van der Waals surface area contributed by atoms with Crippen LogP contribution in [0.5, 0.6) is 5.75 Å². The zero-order valence-corrected chi connectivity index (χ0v) is 10.5. The molecule has 0 unspecified atom stereocenters. The first-order valence-electron chi connectivity index (χ1n) is 5.41. The summed E-state index contributed by atoms with van der Waals surface area (Å²) in [6, 6.07) is 2.35. The molecule has 19 heavy (non-hydrogen) atoms. The monoisotopic (exact) mass is 282 g/mol. The molecule has 7 heteroatoms. The van der Waals surface area contributed by atoms with Crippen LogP contribution < -0.4 is 5.56 Å². The minimum absolute atomic E-state index is 0.167. The quantitative estimate of drug-likeness (QED) is 0.720. The fourth-order valence-electron chi connectivity index (χ4n) is 2.07. The van der Waals surface area contributed by atoms with Crippen molar-refractivity contribution in [3.05, 3.63) is 33.7 Å². The third kappa shape index (κ3) is 1.77. The van der Waals surface area contributed by atoms with E-state index in [4.69, 9.17) is 0 Å². The molecule has 3 rings (SSSR count). The number of hydrogen-bond donors (Lipinski definition) is 2. The Kier molecular flexibility index (Phi) is 2.53. The average molecular weight is 282 g/mol. The lowest BCUT2D eigenvalue weighted by atomic mass is 10.1. The smallest absolute Gasteiger partial charge is 0.280 e. The Hall–Kier alpha value is -2.02. The largest absolute Gasteiger partial charge is 0.506 e. The van der Waals surface area contributed by atoms with E-state index in [1.165, 1.54) is 6.07 Å². The lowest BCUT2D eigenvalue weighted by molar-refractivity contribution is 0.146. The molecule has 3 heterocycles. The van der Waals surface area contributed by atoms with E-state index in [9.17, 15) is 18.7 Å². The van der Waals surface area contributed by atoms with Crippen molar-refractivity contribution in [2.75, 3.05) is 0 Å². The maximum atomic E-state index is 12.7. The van der Waals surface area contributed by atoms with Gasteiger partial charge in [0, 0.05) is 11.5 Å². The number of aromatic amines is 1. The van der Waals surface area contributed by atoms with E-state index >= 15 is 0 Å². The SMILES string of the molecule is Cc1cc(C(F)F)nc2sc3c(O)cc(=O)[nH]c3c12. The van der Waals surface area contributed by atoms with Crippen molar-refractivity contribution < 1.29 is 13.9 Å². The van der Waals surface area contributed by atoms with Gasteiger partial charge in [-0.3, -0.25) is 4.79 Å². The van der Waals surface area contributed by atoms with Gasteiger partial charge in [-0.25, -0.2) is 13.8 Å². The van der Waals surface area contributed by atoms with E-state index in [0.29, 0.717) is 26.0 Å². The summed E-state index contributed by atoms with van der Waals surface area (Å²) in [5.41, 5.74) is 0.282. The van der Waals surface area contributed by atoms with E-state index in [0.717, 1.165) is 17.4 Å². The van der Waals surface area contributed by atoms with Crippen LogP contribution in [-0.4, -0.2) is 15.1 Å². The minimum atomic E-state index is -2.65. The lowest BCUT2D eigenvalue weighted by Crippen LogP contribution is -2.02. The maximum absolute atomic E-state index is 12.7. The minimum Gasteiger partial charge on any atom is -0.506 e. The number of fused-ring (bicyclic) bond motifs is 3. The maximum Gasteiger partial charge on any atom is 0.280 e. The first-order valence-corrected chi connectivity index (χ1v) is 6.23. The van der Waals surface area contributed by atoms with Gasteiger partial charge in [0.25, 0.3) is 12.0 Å². The van der Waals surface area contributed by atoms with Gasteiger partial charge in [-0.05, 0) is 18.6 Å². The van der Waals surface area contributed by atoms with Crippen molar-refractivity contribution in [2.45, 2.75) is 13.3 Å². The molecule has 0 amide bonds. The van der Waals surface area contributed by atoms with Gasteiger partial charge in [-0.2, -0.15) is 0 Å². The van der Waals surface area contributed by atoms with E-state index < -0.39 is 12.0 Å². The number of rotatable bonds is 1. The van der Waals surface area contributed by atoms with Crippen LogP contribution in [0.3, 0.4) is 0 Å². The molecule has 0 fully saturated rings. The molecule has 0 bridgehead atoms. The number of H-pyrrole nitrogens is 1. The van der Waals surface area contributed by atoms with Crippen LogP contribution >= 0.6 is 11.3 Å². The Balaban J connectivity index is 2.51. The molecular formula is C12H8F2N2O2S. The number of pyridine rings is 2. The number of aromatic nitrogens is 2. The highest BCUT2D eigenvalue weighted by atomic mass is 32.1. The molecule has 0 aliphatic rings. The molecular weight excluding hydrogens is 274 g/mol. The molecule has 0 spiro atoms. The van der Waals surface area contributed by atoms with E-state index in [1.54, 1.807) is 6.92 Å². The van der Waals surface area contributed by atoms with E-state index in [1.807, 2.05) is 0 Å². The van der Waals surface area contributed by atoms with Crippen LogP contribution in [0.4, 0.5) is 8.78 Å². The summed E-state index contributed by atoms with van der Waals surface area (Å²) in [5.74, 6) is -0.167. The highest BCUT2D eigenvalue weighted by Gasteiger charge is 2.17. The first-order chi connectivity index (χ1) is 8.97. The standard InChI is InChI=1S/C12H8F2N2O2S/c1-4-2-5(11(13)14)15-12-8(4)9-10(19-12)6(17)3-7(18)16-9/h2-3,11H,1H3,(H2,16,17,18). The molecule has 0 aliphatic carbocycles. The summed E-state index contributed by atoms with van der Waals surface area (Å²) in [4.78, 5) is 18.2. The number of halogens is 2. The van der Waals surface area contributed by atoms with Crippen LogP contribution in [0.15, 0.2) is 16.9 Å². The fourth-order valence-corrected chi connectivity index (χ4v) is 3.20. The highest BCUT2D eigenvalue weighted by Crippen LogP contribution is 2.38. The van der Waals surface area contributed by atoms with Gasteiger partial charge in [0.2, 0.25) is 0 Å². The second-order valence-electron chi connectivity index (χ2n) is 4.17. The second-order valence-corrected chi connectivity index (χ2v) is 5.17. The molecule has 4 nitrogen and oxygen atoms in total. The predicted molar refractivity (Wildman–Crippen MR) is 69.1 cm³/mol. The predicted octanol–water partition coefficient (Wildman–Crippen LogP) is 3.09. The molecule has 0 aliphatic heterocycles. The molecule has 0 saturated carbocycles. The van der Waals surface area contributed by atoms with Gasteiger partial charge < -0.3 is 10.1 Å². The Morgan fingerprint density at radius 3 is 2.84 bits per heavy atom. The summed E-state index contributed by atoms with van der Waals surface area (Å²) < 4.78 is 25.9. The Bertz CT molecular complexity index is 854. The van der Waals surface area contributed by atoms with Crippen molar-refractivity contribution in [3.8, 4) is 5.75 Å². The summed E-state index contributed by atoms with van der Waals surface area (Å²) >= 11 is 1.08. The van der Waals surface area contributed by atoms with E-state index in [-0.39, 0.29) is 11.4 Å². The first kappa shape index (κ1) is 12.0. The molecule has 0 atom stereocenters. The molecule has 0 aromatic carbocycles. The highest BCUT2D eigenvalue weighted by molar-refractivity contribution is 7.25. The van der Waals surface area contributed by atoms with Crippen LogP contribution in [0.25, 0.3) is 20.4 Å². The van der Waals surface area contributed by atoms with Gasteiger partial charge in [-0.1, -0.05) is 0 Å². The number of hydrogen-bond acceptors (Lipinski definition) is 4. The van der Waals surface area contributed by atoms with Crippen molar-refractivity contribution in [1.82, 2.24) is 9.97 Å². The lowest BCUT2D eigenvalue weighted by Gasteiger charge is -2.02. The molecule has 2 N–H and O–H groups in total. The fraction of sp³-hybridized carbons (Fsp3) is 0.167. The third-order valence-electron chi connectivity index (χ3n) is 2.85. The molecule has 98 valence electrons. The van der Waals surface area contributed by atoms with Crippen molar-refractivity contribution in [3.63, 3.8) is 0 Å². The number of aromatic hydroxyl groups is 1. The Morgan fingerprint density at radius 1 is 1.42 bits per heavy atom. The molecule has 3 aromatic heterocycles. The van der Waals surface area contributed by atoms with Gasteiger partial charge in [0.1, 0.15) is 16.3 Å². The number of aryl methyl sites for hydroxylation is 1. The number of nitrogens with zero attached hydrogens (tertiary/aromatic N) is 1.